The number of halogens is 3. The van der Waals surface area contributed by atoms with Crippen molar-refractivity contribution in [2.45, 2.75) is 68.4 Å². The number of rotatable bonds is 1. The molecule has 0 aromatic heterocycles. The molecule has 2 unspecified atom stereocenters. The zero-order valence-electron chi connectivity index (χ0n) is 9.13. The molecule has 5 heteroatoms. The monoisotopic (exact) mass is 234 g/mol. The third-order valence-electron chi connectivity index (χ3n) is 4.52. The summed E-state index contributed by atoms with van der Waals surface area (Å²) in [5, 5.41) is 0. The largest absolute Gasteiger partial charge is 0.406 e. The van der Waals surface area contributed by atoms with E-state index in [2.05, 4.69) is 0 Å². The molecule has 2 heterocycles. The van der Waals surface area contributed by atoms with Crippen LogP contribution in [0, 0.1) is 0 Å². The minimum atomic E-state index is -4.06. The predicted molar refractivity (Wildman–Crippen MR) is 53.9 cm³/mol. The highest BCUT2D eigenvalue weighted by Crippen LogP contribution is 2.58. The summed E-state index contributed by atoms with van der Waals surface area (Å²) in [5.41, 5.74) is 4.41. The van der Waals surface area contributed by atoms with Crippen molar-refractivity contribution in [3.63, 3.8) is 0 Å². The molecule has 3 rings (SSSR count). The zero-order valence-corrected chi connectivity index (χ0v) is 9.13. The molecule has 0 amide bonds. The van der Waals surface area contributed by atoms with Crippen LogP contribution in [0.1, 0.15) is 38.5 Å². The molecule has 2 nitrogen and oxygen atoms in total. The van der Waals surface area contributed by atoms with Crippen molar-refractivity contribution in [2.24, 2.45) is 5.73 Å². The Morgan fingerprint density at radius 2 is 1.56 bits per heavy atom. The molecule has 2 bridgehead atoms. The second-order valence-electron chi connectivity index (χ2n) is 5.55. The Bertz CT molecular complexity index is 284. The van der Waals surface area contributed by atoms with E-state index < -0.39 is 11.7 Å². The standard InChI is InChI=1S/C11H17F3N2/c12-11(13,14)10(3-4-10)16-8-1-2-9(16)6-7(15)5-8/h7-9H,1-6,15H2. The topological polar surface area (TPSA) is 29.3 Å². The van der Waals surface area contributed by atoms with Crippen LogP contribution in [0.15, 0.2) is 0 Å². The second kappa shape index (κ2) is 3.13. The smallest absolute Gasteiger partial charge is 0.328 e. The van der Waals surface area contributed by atoms with Crippen molar-refractivity contribution in [1.29, 1.82) is 0 Å². The van der Waals surface area contributed by atoms with Gasteiger partial charge in [-0.3, -0.25) is 4.90 Å². The van der Waals surface area contributed by atoms with E-state index >= 15 is 0 Å². The van der Waals surface area contributed by atoms with E-state index in [0.29, 0.717) is 12.8 Å². The Morgan fingerprint density at radius 1 is 1.06 bits per heavy atom. The summed E-state index contributed by atoms with van der Waals surface area (Å²) in [6.45, 7) is 0. The average Bonchev–Trinajstić information content (AvgIpc) is 2.90. The number of nitrogens with zero attached hydrogens (tertiary/aromatic N) is 1. The molecule has 3 fully saturated rings. The van der Waals surface area contributed by atoms with Crippen molar-refractivity contribution in [2.75, 3.05) is 0 Å². The van der Waals surface area contributed by atoms with Crippen molar-refractivity contribution < 1.29 is 13.2 Å². The highest BCUT2D eigenvalue weighted by Gasteiger charge is 2.70. The van der Waals surface area contributed by atoms with Gasteiger partial charge in [0.1, 0.15) is 5.54 Å². The lowest BCUT2D eigenvalue weighted by Gasteiger charge is -2.43. The van der Waals surface area contributed by atoms with Crippen LogP contribution in [-0.4, -0.2) is 34.7 Å². The van der Waals surface area contributed by atoms with E-state index in [4.69, 9.17) is 5.73 Å². The molecule has 16 heavy (non-hydrogen) atoms. The SMILES string of the molecule is NC1CC2CCC(C1)N2C1(C(F)(F)F)CC1. The number of hydrogen-bond acceptors (Lipinski definition) is 2. The molecular formula is C11H17F3N2. The summed E-state index contributed by atoms with van der Waals surface area (Å²) in [6.07, 6.45) is -0.193. The van der Waals surface area contributed by atoms with E-state index in [1.54, 1.807) is 4.90 Å². The van der Waals surface area contributed by atoms with Gasteiger partial charge in [-0.1, -0.05) is 0 Å². The molecule has 0 aromatic rings. The van der Waals surface area contributed by atoms with Gasteiger partial charge >= 0.3 is 6.18 Å². The van der Waals surface area contributed by atoms with Gasteiger partial charge in [0.05, 0.1) is 0 Å². The molecule has 0 aromatic carbocycles. The fourth-order valence-electron chi connectivity index (χ4n) is 3.72. The first-order valence-electron chi connectivity index (χ1n) is 6.05. The molecule has 2 aliphatic heterocycles. The summed E-state index contributed by atoms with van der Waals surface area (Å²) in [4.78, 5) is 1.77. The zero-order chi connectivity index (χ0) is 11.6. The van der Waals surface area contributed by atoms with Crippen LogP contribution in [0.25, 0.3) is 0 Å². The highest BCUT2D eigenvalue weighted by molar-refractivity contribution is 5.16. The van der Waals surface area contributed by atoms with Gasteiger partial charge in [-0.2, -0.15) is 13.2 Å². The number of nitrogens with two attached hydrogens (primary N) is 1. The Balaban J connectivity index is 1.87. The van der Waals surface area contributed by atoms with Gasteiger partial charge in [0.15, 0.2) is 0 Å². The normalized spacial score (nSPS) is 42.4. The van der Waals surface area contributed by atoms with Gasteiger partial charge in [-0.25, -0.2) is 0 Å². The maximum Gasteiger partial charge on any atom is 0.406 e. The molecule has 1 saturated carbocycles. The molecule has 0 spiro atoms. The van der Waals surface area contributed by atoms with E-state index in [1.165, 1.54) is 0 Å². The first kappa shape index (κ1) is 10.8. The fraction of sp³-hybridized carbons (Fsp3) is 1.00. The molecule has 2 N–H and O–H groups in total. The molecule has 2 saturated heterocycles. The Morgan fingerprint density at radius 3 is 1.94 bits per heavy atom. The van der Waals surface area contributed by atoms with E-state index in [9.17, 15) is 13.2 Å². The molecule has 92 valence electrons. The highest BCUT2D eigenvalue weighted by atomic mass is 19.4. The minimum Gasteiger partial charge on any atom is -0.328 e. The lowest BCUT2D eigenvalue weighted by molar-refractivity contribution is -0.208. The van der Waals surface area contributed by atoms with Crippen molar-refractivity contribution in [3.05, 3.63) is 0 Å². The Kier molecular flexibility index (Phi) is 2.12. The summed E-state index contributed by atoms with van der Waals surface area (Å²) in [5.74, 6) is 0. The summed E-state index contributed by atoms with van der Waals surface area (Å²) >= 11 is 0. The quantitative estimate of drug-likeness (QED) is 0.752. The number of piperidine rings is 1. The van der Waals surface area contributed by atoms with E-state index in [0.717, 1.165) is 25.7 Å². The predicted octanol–water partition coefficient (Wildman–Crippen LogP) is 2.04. The van der Waals surface area contributed by atoms with Crippen molar-refractivity contribution in [1.82, 2.24) is 4.90 Å². The average molecular weight is 234 g/mol. The van der Waals surface area contributed by atoms with Gasteiger partial charge in [-0.05, 0) is 38.5 Å². The van der Waals surface area contributed by atoms with Crippen LogP contribution in [-0.2, 0) is 0 Å². The molecular weight excluding hydrogens is 217 g/mol. The molecule has 3 aliphatic rings. The summed E-state index contributed by atoms with van der Waals surface area (Å²) in [6, 6.07) is 0.272. The van der Waals surface area contributed by atoms with Crippen LogP contribution in [0.3, 0.4) is 0 Å². The van der Waals surface area contributed by atoms with E-state index in [-0.39, 0.29) is 18.1 Å². The third kappa shape index (κ3) is 1.34. The maximum atomic E-state index is 13.1. The van der Waals surface area contributed by atoms with Gasteiger partial charge in [0.25, 0.3) is 0 Å². The van der Waals surface area contributed by atoms with Crippen LogP contribution < -0.4 is 5.73 Å². The molecule has 2 atom stereocenters. The van der Waals surface area contributed by atoms with Crippen LogP contribution >= 0.6 is 0 Å². The fourth-order valence-corrected chi connectivity index (χ4v) is 3.72. The first-order chi connectivity index (χ1) is 7.44. The van der Waals surface area contributed by atoms with Crippen molar-refractivity contribution >= 4 is 0 Å². The minimum absolute atomic E-state index is 0.0814. The Hall–Kier alpha value is -0.290. The Labute approximate surface area is 93.0 Å². The summed E-state index contributed by atoms with van der Waals surface area (Å²) in [7, 11) is 0. The molecule has 0 radical (unpaired) electrons. The maximum absolute atomic E-state index is 13.1. The molecule has 1 aliphatic carbocycles. The van der Waals surface area contributed by atoms with Crippen molar-refractivity contribution in [3.8, 4) is 0 Å². The third-order valence-corrected chi connectivity index (χ3v) is 4.52. The van der Waals surface area contributed by atoms with Gasteiger partial charge < -0.3 is 5.73 Å². The van der Waals surface area contributed by atoms with Gasteiger partial charge in [-0.15, -0.1) is 0 Å². The van der Waals surface area contributed by atoms with Gasteiger partial charge in [0, 0.05) is 18.1 Å². The van der Waals surface area contributed by atoms with Gasteiger partial charge in [0.2, 0.25) is 0 Å². The van der Waals surface area contributed by atoms with E-state index in [1.807, 2.05) is 0 Å². The number of fused-ring (bicyclic) bond motifs is 2. The van der Waals surface area contributed by atoms with Crippen LogP contribution in [0.4, 0.5) is 13.2 Å². The number of hydrogen-bond donors (Lipinski definition) is 1. The summed E-state index contributed by atoms with van der Waals surface area (Å²) < 4.78 is 39.2. The number of alkyl halides is 3. The second-order valence-corrected chi connectivity index (χ2v) is 5.55. The first-order valence-corrected chi connectivity index (χ1v) is 6.05. The lowest BCUT2D eigenvalue weighted by atomic mass is 9.95. The lowest BCUT2D eigenvalue weighted by Crippen LogP contribution is -2.58. The van der Waals surface area contributed by atoms with Crippen LogP contribution in [0.2, 0.25) is 0 Å². The van der Waals surface area contributed by atoms with Crippen LogP contribution in [0.5, 0.6) is 0 Å².